The van der Waals surface area contributed by atoms with Crippen LogP contribution in [0.4, 0.5) is 5.69 Å². The molecule has 6 nitrogen and oxygen atoms in total. The third-order valence-corrected chi connectivity index (χ3v) is 4.79. The molecule has 0 aromatic heterocycles. The maximum absolute atomic E-state index is 12.9. The van der Waals surface area contributed by atoms with Gasteiger partial charge in [0.15, 0.2) is 0 Å². The van der Waals surface area contributed by atoms with E-state index in [4.69, 9.17) is 5.11 Å². The van der Waals surface area contributed by atoms with Gasteiger partial charge in [0.2, 0.25) is 5.91 Å². The minimum absolute atomic E-state index is 0.149. The number of rotatable bonds is 4. The van der Waals surface area contributed by atoms with E-state index < -0.39 is 11.5 Å². The topological polar surface area (TPSA) is 86.7 Å². The fraction of sp³-hybridized carbons (Fsp3) is 0.250. The summed E-state index contributed by atoms with van der Waals surface area (Å²) in [6.45, 7) is 2.29. The molecule has 0 bridgehead atoms. The number of likely N-dealkylation sites (tertiary alicyclic amines) is 1. The minimum Gasteiger partial charge on any atom is -0.478 e. The number of hydrogen-bond donors (Lipinski definition) is 2. The number of nitrogens with one attached hydrogen (secondary N) is 1. The van der Waals surface area contributed by atoms with Gasteiger partial charge in [-0.1, -0.05) is 18.2 Å². The Morgan fingerprint density at radius 2 is 1.65 bits per heavy atom. The van der Waals surface area contributed by atoms with Crippen molar-refractivity contribution in [3.63, 3.8) is 0 Å². The van der Waals surface area contributed by atoms with Gasteiger partial charge in [0.05, 0.1) is 5.56 Å². The van der Waals surface area contributed by atoms with Crippen LogP contribution in [-0.4, -0.2) is 39.9 Å². The molecule has 1 atom stereocenters. The molecule has 26 heavy (non-hydrogen) atoms. The van der Waals surface area contributed by atoms with Crippen molar-refractivity contribution >= 4 is 23.5 Å². The molecule has 2 N–H and O–H groups in total. The van der Waals surface area contributed by atoms with Crippen LogP contribution in [0.3, 0.4) is 0 Å². The highest BCUT2D eigenvalue weighted by Gasteiger charge is 2.45. The monoisotopic (exact) mass is 352 g/mol. The van der Waals surface area contributed by atoms with Gasteiger partial charge in [-0.05, 0) is 56.2 Å². The maximum atomic E-state index is 12.9. The van der Waals surface area contributed by atoms with Gasteiger partial charge in [-0.3, -0.25) is 9.59 Å². The molecule has 134 valence electrons. The number of carbonyl (C=O) groups is 3. The molecule has 1 aliphatic heterocycles. The van der Waals surface area contributed by atoms with Crippen LogP contribution in [0.1, 0.15) is 40.5 Å². The Morgan fingerprint density at radius 3 is 2.27 bits per heavy atom. The number of carboxylic acids is 1. The SMILES string of the molecule is CC1(C(=O)Nc2ccc(C(=O)O)cc2)CCCN1C(=O)c1ccccc1. The summed E-state index contributed by atoms with van der Waals surface area (Å²) >= 11 is 0. The highest BCUT2D eigenvalue weighted by Crippen LogP contribution is 2.32. The summed E-state index contributed by atoms with van der Waals surface area (Å²) in [6.07, 6.45) is 1.32. The first-order chi connectivity index (χ1) is 12.4. The van der Waals surface area contributed by atoms with Crippen LogP contribution >= 0.6 is 0 Å². The third-order valence-electron chi connectivity index (χ3n) is 4.79. The molecule has 1 aliphatic rings. The van der Waals surface area contributed by atoms with Gasteiger partial charge in [-0.25, -0.2) is 4.79 Å². The Balaban J connectivity index is 1.78. The van der Waals surface area contributed by atoms with Crippen molar-refractivity contribution in [2.24, 2.45) is 0 Å². The second-order valence-electron chi connectivity index (χ2n) is 6.54. The summed E-state index contributed by atoms with van der Waals surface area (Å²) in [5.41, 5.74) is 0.258. The van der Waals surface area contributed by atoms with E-state index in [2.05, 4.69) is 5.32 Å². The van der Waals surface area contributed by atoms with E-state index in [1.807, 2.05) is 6.07 Å². The van der Waals surface area contributed by atoms with Gasteiger partial charge in [-0.15, -0.1) is 0 Å². The predicted octanol–water partition coefficient (Wildman–Crippen LogP) is 3.02. The van der Waals surface area contributed by atoms with Crippen molar-refractivity contribution in [2.75, 3.05) is 11.9 Å². The van der Waals surface area contributed by atoms with Gasteiger partial charge < -0.3 is 15.3 Å². The number of carboxylic acid groups (broad SMARTS) is 1. The second kappa shape index (κ2) is 7.00. The number of benzene rings is 2. The van der Waals surface area contributed by atoms with E-state index in [0.717, 1.165) is 6.42 Å². The second-order valence-corrected chi connectivity index (χ2v) is 6.54. The van der Waals surface area contributed by atoms with Gasteiger partial charge in [0.25, 0.3) is 5.91 Å². The summed E-state index contributed by atoms with van der Waals surface area (Å²) in [5, 5.41) is 11.7. The molecule has 1 saturated heterocycles. The standard InChI is InChI=1S/C20H20N2O4/c1-20(19(26)21-16-10-8-15(9-11-16)18(24)25)12-5-13-22(20)17(23)14-6-3-2-4-7-14/h2-4,6-11H,5,12-13H2,1H3,(H,21,26)(H,24,25). The van der Waals surface area contributed by atoms with Crippen LogP contribution < -0.4 is 5.32 Å². The van der Waals surface area contributed by atoms with Crippen molar-refractivity contribution in [3.05, 3.63) is 65.7 Å². The predicted molar refractivity (Wildman–Crippen MR) is 97.1 cm³/mol. The highest BCUT2D eigenvalue weighted by atomic mass is 16.4. The lowest BCUT2D eigenvalue weighted by molar-refractivity contribution is -0.124. The largest absolute Gasteiger partial charge is 0.478 e. The summed E-state index contributed by atoms with van der Waals surface area (Å²) < 4.78 is 0. The molecule has 2 aromatic carbocycles. The smallest absolute Gasteiger partial charge is 0.335 e. The summed E-state index contributed by atoms with van der Waals surface area (Å²) in [6, 6.07) is 14.9. The molecule has 2 amide bonds. The first-order valence-electron chi connectivity index (χ1n) is 8.44. The molecular weight excluding hydrogens is 332 g/mol. The normalized spacial score (nSPS) is 19.2. The van der Waals surface area contributed by atoms with E-state index in [-0.39, 0.29) is 17.4 Å². The Hall–Kier alpha value is -3.15. The van der Waals surface area contributed by atoms with Gasteiger partial charge >= 0.3 is 5.97 Å². The summed E-state index contributed by atoms with van der Waals surface area (Å²) in [7, 11) is 0. The molecule has 0 aliphatic carbocycles. The van der Waals surface area contributed by atoms with Crippen LogP contribution in [0.2, 0.25) is 0 Å². The number of anilines is 1. The zero-order valence-corrected chi connectivity index (χ0v) is 14.4. The fourth-order valence-corrected chi connectivity index (χ4v) is 3.22. The molecule has 0 radical (unpaired) electrons. The van der Waals surface area contributed by atoms with E-state index in [0.29, 0.717) is 24.2 Å². The van der Waals surface area contributed by atoms with Crippen molar-refractivity contribution in [1.82, 2.24) is 4.90 Å². The maximum Gasteiger partial charge on any atom is 0.335 e. The molecule has 0 saturated carbocycles. The molecular formula is C20H20N2O4. The lowest BCUT2D eigenvalue weighted by Gasteiger charge is -2.34. The molecule has 6 heteroatoms. The first kappa shape index (κ1) is 17.7. The van der Waals surface area contributed by atoms with Crippen LogP contribution in [0.15, 0.2) is 54.6 Å². The van der Waals surface area contributed by atoms with E-state index in [1.165, 1.54) is 12.1 Å². The van der Waals surface area contributed by atoms with Crippen molar-refractivity contribution in [3.8, 4) is 0 Å². The zero-order valence-electron chi connectivity index (χ0n) is 14.4. The summed E-state index contributed by atoms with van der Waals surface area (Å²) in [4.78, 5) is 38.2. The van der Waals surface area contributed by atoms with Crippen molar-refractivity contribution in [1.29, 1.82) is 0 Å². The van der Waals surface area contributed by atoms with Gasteiger partial charge in [-0.2, -0.15) is 0 Å². The van der Waals surface area contributed by atoms with Crippen LogP contribution in [-0.2, 0) is 4.79 Å². The average molecular weight is 352 g/mol. The van der Waals surface area contributed by atoms with Crippen molar-refractivity contribution in [2.45, 2.75) is 25.3 Å². The van der Waals surface area contributed by atoms with Crippen LogP contribution in [0.5, 0.6) is 0 Å². The Morgan fingerprint density at radius 1 is 1.00 bits per heavy atom. The average Bonchev–Trinajstić information content (AvgIpc) is 3.05. The lowest BCUT2D eigenvalue weighted by atomic mass is 9.96. The van der Waals surface area contributed by atoms with Crippen molar-refractivity contribution < 1.29 is 19.5 Å². The highest BCUT2D eigenvalue weighted by molar-refractivity contribution is 6.04. The number of aromatic carboxylic acids is 1. The van der Waals surface area contributed by atoms with Crippen LogP contribution in [0.25, 0.3) is 0 Å². The number of hydrogen-bond acceptors (Lipinski definition) is 3. The molecule has 3 rings (SSSR count). The molecule has 1 unspecified atom stereocenters. The lowest BCUT2D eigenvalue weighted by Crippen LogP contribution is -2.53. The van der Waals surface area contributed by atoms with E-state index >= 15 is 0 Å². The summed E-state index contributed by atoms with van der Waals surface area (Å²) in [5.74, 6) is -1.46. The molecule has 1 fully saturated rings. The number of nitrogens with zero attached hydrogens (tertiary/aromatic N) is 1. The van der Waals surface area contributed by atoms with Gasteiger partial charge in [0, 0.05) is 17.8 Å². The first-order valence-corrected chi connectivity index (χ1v) is 8.44. The van der Waals surface area contributed by atoms with Gasteiger partial charge in [0.1, 0.15) is 5.54 Å². The van der Waals surface area contributed by atoms with Crippen LogP contribution in [0, 0.1) is 0 Å². The number of carbonyl (C=O) groups excluding carboxylic acids is 2. The third kappa shape index (κ3) is 3.31. The van der Waals surface area contributed by atoms with E-state index in [9.17, 15) is 14.4 Å². The fourth-order valence-electron chi connectivity index (χ4n) is 3.22. The zero-order chi connectivity index (χ0) is 18.7. The Labute approximate surface area is 151 Å². The minimum atomic E-state index is -1.02. The number of amides is 2. The van der Waals surface area contributed by atoms with E-state index in [1.54, 1.807) is 48.2 Å². The Bertz CT molecular complexity index is 833. The molecule has 2 aromatic rings. The molecule has 1 heterocycles. The quantitative estimate of drug-likeness (QED) is 0.885. The molecule has 0 spiro atoms. The Kier molecular flexibility index (Phi) is 4.75.